The van der Waals surface area contributed by atoms with Gasteiger partial charge in [-0.05, 0) is 53.1 Å². The molecule has 0 aromatic heterocycles. The quantitative estimate of drug-likeness (QED) is 0.523. The van der Waals surface area contributed by atoms with Crippen LogP contribution in [0, 0.1) is 0 Å². The maximum absolute atomic E-state index is 13.1. The smallest absolute Gasteiger partial charge is 0.343 e. The van der Waals surface area contributed by atoms with Crippen LogP contribution >= 0.6 is 0 Å². The van der Waals surface area contributed by atoms with Gasteiger partial charge in [0.05, 0.1) is 14.2 Å². The van der Waals surface area contributed by atoms with Gasteiger partial charge in [-0.15, -0.1) is 0 Å². The first kappa shape index (κ1) is 25.2. The van der Waals surface area contributed by atoms with Crippen molar-refractivity contribution < 1.29 is 33.3 Å². The second-order valence-electron chi connectivity index (χ2n) is 7.85. The molecule has 1 aromatic carbocycles. The number of hydrogen-bond acceptors (Lipinski definition) is 8. The lowest BCUT2D eigenvalue weighted by Gasteiger charge is -2.26. The number of nitrogens with zero attached hydrogens (tertiary/aromatic N) is 2. The van der Waals surface area contributed by atoms with E-state index >= 15 is 0 Å². The van der Waals surface area contributed by atoms with E-state index in [0.29, 0.717) is 24.4 Å². The van der Waals surface area contributed by atoms with E-state index in [0.717, 1.165) is 0 Å². The summed E-state index contributed by atoms with van der Waals surface area (Å²) in [4.78, 5) is 40.0. The van der Waals surface area contributed by atoms with Gasteiger partial charge in [-0.1, -0.05) is 0 Å². The summed E-state index contributed by atoms with van der Waals surface area (Å²) in [5.41, 5.74) is -0.325. The van der Waals surface area contributed by atoms with Crippen molar-refractivity contribution in [1.29, 1.82) is 0 Å². The Morgan fingerprint density at radius 2 is 1.63 bits per heavy atom. The highest BCUT2D eigenvalue weighted by Gasteiger charge is 2.24. The summed E-state index contributed by atoms with van der Waals surface area (Å²) in [6.45, 7) is 5.78. The van der Waals surface area contributed by atoms with Gasteiger partial charge in [0.1, 0.15) is 12.1 Å². The molecular formula is C21H32N2O7. The molecule has 30 heavy (non-hydrogen) atoms. The molecule has 0 spiro atoms. The minimum atomic E-state index is -0.644. The van der Waals surface area contributed by atoms with E-state index in [4.69, 9.17) is 14.2 Å². The number of likely N-dealkylation sites (N-methyl/N-ethyl adjacent to an activating group) is 1. The Labute approximate surface area is 177 Å². The minimum absolute atomic E-state index is 0.174. The van der Waals surface area contributed by atoms with Crippen molar-refractivity contribution in [2.24, 2.45) is 0 Å². The lowest BCUT2D eigenvalue weighted by molar-refractivity contribution is -0.155. The lowest BCUT2D eigenvalue weighted by Crippen LogP contribution is -2.42. The van der Waals surface area contributed by atoms with Crippen LogP contribution < -0.4 is 9.47 Å². The van der Waals surface area contributed by atoms with Gasteiger partial charge in [0.25, 0.3) is 5.91 Å². The van der Waals surface area contributed by atoms with Crippen LogP contribution in [0.5, 0.6) is 11.5 Å². The molecule has 9 nitrogen and oxygen atoms in total. The Morgan fingerprint density at radius 1 is 0.967 bits per heavy atom. The largest absolute Gasteiger partial charge is 0.493 e. The Hall–Kier alpha value is -2.81. The number of methoxy groups -OCH3 is 2. The standard InChI is InChI=1S/C21H32N2O7/c1-21(2,3)30-18(24)13-23(11-10-22(4)5)20(26)15-8-9-16(17(12-15)27-6)29-14-19(25)28-7/h8-9,12H,10-11,13-14H2,1-7H3. The Morgan fingerprint density at radius 3 is 2.17 bits per heavy atom. The van der Waals surface area contributed by atoms with Crippen molar-refractivity contribution >= 4 is 17.8 Å². The average Bonchev–Trinajstić information content (AvgIpc) is 2.66. The highest BCUT2D eigenvalue weighted by molar-refractivity contribution is 5.96. The van der Waals surface area contributed by atoms with Gasteiger partial charge >= 0.3 is 11.9 Å². The fourth-order valence-electron chi connectivity index (χ4n) is 2.40. The number of ether oxygens (including phenoxy) is 4. The van der Waals surface area contributed by atoms with E-state index < -0.39 is 17.5 Å². The van der Waals surface area contributed by atoms with Crippen molar-refractivity contribution in [2.75, 3.05) is 54.6 Å². The molecule has 1 amide bonds. The molecule has 0 N–H and O–H groups in total. The first-order valence-electron chi connectivity index (χ1n) is 9.50. The third-order valence-corrected chi connectivity index (χ3v) is 3.83. The van der Waals surface area contributed by atoms with E-state index in [1.54, 1.807) is 26.8 Å². The number of hydrogen-bond donors (Lipinski definition) is 0. The second-order valence-corrected chi connectivity index (χ2v) is 7.85. The van der Waals surface area contributed by atoms with E-state index in [1.165, 1.54) is 31.3 Å². The molecular weight excluding hydrogens is 392 g/mol. The molecule has 0 bridgehead atoms. The summed E-state index contributed by atoms with van der Waals surface area (Å²) in [5.74, 6) is -0.787. The van der Waals surface area contributed by atoms with Crippen molar-refractivity contribution in [2.45, 2.75) is 26.4 Å². The molecule has 0 unspecified atom stereocenters. The highest BCUT2D eigenvalue weighted by Crippen LogP contribution is 2.28. The van der Waals surface area contributed by atoms with Crippen molar-refractivity contribution in [3.8, 4) is 11.5 Å². The molecule has 0 heterocycles. The van der Waals surface area contributed by atoms with Gasteiger partial charge in [0.15, 0.2) is 18.1 Å². The fourth-order valence-corrected chi connectivity index (χ4v) is 2.40. The SMILES string of the molecule is COC(=O)COc1ccc(C(=O)N(CCN(C)C)CC(=O)OC(C)(C)C)cc1OC. The molecule has 0 radical (unpaired) electrons. The average molecular weight is 424 g/mol. The molecule has 1 rings (SSSR count). The molecule has 0 aliphatic carbocycles. The number of benzene rings is 1. The first-order chi connectivity index (χ1) is 14.0. The van der Waals surface area contributed by atoms with E-state index in [1.807, 2.05) is 19.0 Å². The molecule has 0 fully saturated rings. The highest BCUT2D eigenvalue weighted by atomic mass is 16.6. The molecule has 9 heteroatoms. The molecule has 0 saturated heterocycles. The molecule has 0 aliphatic rings. The van der Waals surface area contributed by atoms with Crippen LogP contribution in [0.3, 0.4) is 0 Å². The topological polar surface area (TPSA) is 94.6 Å². The van der Waals surface area contributed by atoms with Crippen molar-refractivity contribution in [3.05, 3.63) is 23.8 Å². The zero-order valence-corrected chi connectivity index (χ0v) is 18.8. The summed E-state index contributed by atoms with van der Waals surface area (Å²) >= 11 is 0. The molecule has 1 aromatic rings. The van der Waals surface area contributed by atoms with Crippen molar-refractivity contribution in [3.63, 3.8) is 0 Å². The van der Waals surface area contributed by atoms with E-state index in [2.05, 4.69) is 4.74 Å². The van der Waals surface area contributed by atoms with Gasteiger partial charge in [0, 0.05) is 18.7 Å². The van der Waals surface area contributed by atoms with Gasteiger partial charge in [0.2, 0.25) is 0 Å². The summed E-state index contributed by atoms with van der Waals surface area (Å²) in [5, 5.41) is 0. The molecule has 0 aliphatic heterocycles. The van der Waals surface area contributed by atoms with Gasteiger partial charge in [-0.25, -0.2) is 4.79 Å². The van der Waals surface area contributed by atoms with Crippen molar-refractivity contribution in [1.82, 2.24) is 9.80 Å². The monoisotopic (exact) mass is 424 g/mol. The molecule has 0 saturated carbocycles. The number of rotatable bonds is 10. The van der Waals surface area contributed by atoms with Crippen LogP contribution in [0.15, 0.2) is 18.2 Å². The maximum atomic E-state index is 13.1. The van der Waals surface area contributed by atoms with E-state index in [9.17, 15) is 14.4 Å². The van der Waals surface area contributed by atoms with Crippen LogP contribution in [0.1, 0.15) is 31.1 Å². The number of carbonyl (C=O) groups is 3. The van der Waals surface area contributed by atoms with Gasteiger partial charge < -0.3 is 28.7 Å². The Balaban J connectivity index is 3.03. The maximum Gasteiger partial charge on any atom is 0.343 e. The third kappa shape index (κ3) is 8.69. The zero-order chi connectivity index (χ0) is 22.9. The first-order valence-corrected chi connectivity index (χ1v) is 9.50. The summed E-state index contributed by atoms with van der Waals surface area (Å²) in [6.07, 6.45) is 0. The third-order valence-electron chi connectivity index (χ3n) is 3.83. The van der Waals surface area contributed by atoms with Gasteiger partial charge in [-0.2, -0.15) is 0 Å². The zero-order valence-electron chi connectivity index (χ0n) is 18.8. The normalized spacial score (nSPS) is 11.1. The summed E-state index contributed by atoms with van der Waals surface area (Å²) < 4.78 is 20.5. The van der Waals surface area contributed by atoms with Crippen LogP contribution in [-0.4, -0.2) is 87.8 Å². The van der Waals surface area contributed by atoms with Crippen LogP contribution in [-0.2, 0) is 19.1 Å². The molecule has 168 valence electrons. The number of amides is 1. The predicted molar refractivity (Wildman–Crippen MR) is 111 cm³/mol. The lowest BCUT2D eigenvalue weighted by atomic mass is 10.1. The van der Waals surface area contributed by atoms with Gasteiger partial charge in [-0.3, -0.25) is 9.59 Å². The summed E-state index contributed by atoms with van der Waals surface area (Å²) in [6, 6.07) is 4.59. The number of esters is 2. The van der Waals surface area contributed by atoms with Crippen LogP contribution in [0.4, 0.5) is 0 Å². The van der Waals surface area contributed by atoms with Crippen LogP contribution in [0.2, 0.25) is 0 Å². The summed E-state index contributed by atoms with van der Waals surface area (Å²) in [7, 11) is 6.45. The Kier molecular flexibility index (Phi) is 9.58. The Bertz CT molecular complexity index is 741. The second kappa shape index (κ2) is 11.4. The predicted octanol–water partition coefficient (Wildman–Crippen LogP) is 1.59. The molecule has 0 atom stereocenters. The number of carbonyl (C=O) groups excluding carboxylic acids is 3. The van der Waals surface area contributed by atoms with E-state index in [-0.39, 0.29) is 24.8 Å². The minimum Gasteiger partial charge on any atom is -0.493 e. The fraction of sp³-hybridized carbons (Fsp3) is 0.571. The van der Waals surface area contributed by atoms with Crippen LogP contribution in [0.25, 0.3) is 0 Å².